The Kier molecular flexibility index (Phi) is 6.65. The van der Waals surface area contributed by atoms with Gasteiger partial charge in [-0.25, -0.2) is 0 Å². The second kappa shape index (κ2) is 9.96. The van der Waals surface area contributed by atoms with Crippen LogP contribution in [0.1, 0.15) is 11.1 Å². The van der Waals surface area contributed by atoms with Gasteiger partial charge in [0, 0.05) is 24.8 Å². The van der Waals surface area contributed by atoms with Crippen molar-refractivity contribution in [3.05, 3.63) is 102 Å². The summed E-state index contributed by atoms with van der Waals surface area (Å²) in [4.78, 5) is 13.3. The van der Waals surface area contributed by atoms with Crippen molar-refractivity contribution in [2.45, 2.75) is 19.6 Å². The minimum absolute atomic E-state index is 0.0132. The van der Waals surface area contributed by atoms with E-state index in [0.29, 0.717) is 19.7 Å². The summed E-state index contributed by atoms with van der Waals surface area (Å²) in [5.74, 6) is -0.0359. The first-order valence-corrected chi connectivity index (χ1v) is 10.4. The lowest BCUT2D eigenvalue weighted by Gasteiger charge is -2.21. The van der Waals surface area contributed by atoms with E-state index in [2.05, 4.69) is 29.0 Å². The lowest BCUT2D eigenvalue weighted by atomic mass is 10.1. The number of rotatable bonds is 10. The SMILES string of the molecule is O=C(O)CN(Cc1ccccc1)Cc1cccc(OCCn2ccc3ccccc32)c1. The maximum absolute atomic E-state index is 11.3. The van der Waals surface area contributed by atoms with E-state index in [1.165, 1.54) is 10.9 Å². The highest BCUT2D eigenvalue weighted by Crippen LogP contribution is 2.18. The van der Waals surface area contributed by atoms with Gasteiger partial charge in [0.05, 0.1) is 13.1 Å². The van der Waals surface area contributed by atoms with Crippen molar-refractivity contribution in [3.63, 3.8) is 0 Å². The number of hydrogen-bond donors (Lipinski definition) is 1. The Labute approximate surface area is 182 Å². The molecule has 0 bridgehead atoms. The number of benzene rings is 3. The summed E-state index contributed by atoms with van der Waals surface area (Å²) >= 11 is 0. The Morgan fingerprint density at radius 3 is 2.45 bits per heavy atom. The van der Waals surface area contributed by atoms with Gasteiger partial charge < -0.3 is 14.4 Å². The molecule has 0 atom stereocenters. The lowest BCUT2D eigenvalue weighted by molar-refractivity contribution is -0.138. The molecule has 158 valence electrons. The van der Waals surface area contributed by atoms with Crippen LogP contribution < -0.4 is 4.74 Å². The van der Waals surface area contributed by atoms with Gasteiger partial charge in [-0.05, 0) is 40.8 Å². The highest BCUT2D eigenvalue weighted by molar-refractivity contribution is 5.79. The molecular formula is C26H26N2O3. The number of hydrogen-bond acceptors (Lipinski definition) is 3. The van der Waals surface area contributed by atoms with Gasteiger partial charge in [-0.1, -0.05) is 60.7 Å². The fourth-order valence-electron chi connectivity index (χ4n) is 3.79. The predicted octanol–water partition coefficient (Wildman–Crippen LogP) is 4.81. The van der Waals surface area contributed by atoms with Crippen LogP contribution in [-0.4, -0.2) is 33.7 Å². The molecule has 1 aromatic heterocycles. The highest BCUT2D eigenvalue weighted by Gasteiger charge is 2.12. The topological polar surface area (TPSA) is 54.7 Å². The molecule has 0 aliphatic rings. The summed E-state index contributed by atoms with van der Waals surface area (Å²) in [7, 11) is 0. The summed E-state index contributed by atoms with van der Waals surface area (Å²) in [5, 5.41) is 10.5. The number of aromatic nitrogens is 1. The Morgan fingerprint density at radius 1 is 0.871 bits per heavy atom. The zero-order valence-corrected chi connectivity index (χ0v) is 17.4. The minimum Gasteiger partial charge on any atom is -0.492 e. The van der Waals surface area contributed by atoms with Crippen molar-refractivity contribution < 1.29 is 14.6 Å². The average Bonchev–Trinajstić information content (AvgIpc) is 3.17. The molecule has 31 heavy (non-hydrogen) atoms. The third kappa shape index (κ3) is 5.74. The second-order valence-corrected chi connectivity index (χ2v) is 7.59. The van der Waals surface area contributed by atoms with E-state index in [9.17, 15) is 9.90 Å². The van der Waals surface area contributed by atoms with Gasteiger partial charge in [0.2, 0.25) is 0 Å². The molecule has 0 fully saturated rings. The van der Waals surface area contributed by atoms with E-state index in [4.69, 9.17) is 4.74 Å². The number of para-hydroxylation sites is 1. The van der Waals surface area contributed by atoms with E-state index in [1.807, 2.05) is 71.6 Å². The molecule has 0 aliphatic heterocycles. The molecule has 5 heteroatoms. The standard InChI is InChI=1S/C26H26N2O3/c29-26(30)20-27(18-21-7-2-1-3-8-21)19-22-9-6-11-24(17-22)31-16-15-28-14-13-23-10-4-5-12-25(23)28/h1-14,17H,15-16,18-20H2,(H,29,30). The molecule has 0 radical (unpaired) electrons. The van der Waals surface area contributed by atoms with Crippen molar-refractivity contribution in [1.82, 2.24) is 9.47 Å². The monoisotopic (exact) mass is 414 g/mol. The van der Waals surface area contributed by atoms with Crippen LogP contribution in [0.25, 0.3) is 10.9 Å². The van der Waals surface area contributed by atoms with Gasteiger partial charge in [0.15, 0.2) is 0 Å². The number of nitrogens with zero attached hydrogens (tertiary/aromatic N) is 2. The van der Waals surface area contributed by atoms with Gasteiger partial charge >= 0.3 is 5.97 Å². The van der Waals surface area contributed by atoms with E-state index in [-0.39, 0.29) is 6.54 Å². The zero-order chi connectivity index (χ0) is 21.5. The Morgan fingerprint density at radius 2 is 1.61 bits per heavy atom. The first-order chi connectivity index (χ1) is 15.2. The summed E-state index contributed by atoms with van der Waals surface area (Å²) in [5.41, 5.74) is 3.32. The van der Waals surface area contributed by atoms with Crippen molar-refractivity contribution in [1.29, 1.82) is 0 Å². The predicted molar refractivity (Wildman–Crippen MR) is 122 cm³/mol. The Balaban J connectivity index is 1.37. The van der Waals surface area contributed by atoms with Crippen LogP contribution in [0.4, 0.5) is 0 Å². The first-order valence-electron chi connectivity index (χ1n) is 10.4. The molecule has 0 aliphatic carbocycles. The first kappa shape index (κ1) is 20.7. The van der Waals surface area contributed by atoms with Crippen molar-refractivity contribution in [2.75, 3.05) is 13.2 Å². The van der Waals surface area contributed by atoms with E-state index in [1.54, 1.807) is 0 Å². The number of carboxylic acid groups (broad SMARTS) is 1. The molecule has 3 aromatic carbocycles. The van der Waals surface area contributed by atoms with Crippen LogP contribution in [0.3, 0.4) is 0 Å². The fourth-order valence-corrected chi connectivity index (χ4v) is 3.79. The van der Waals surface area contributed by atoms with Crippen LogP contribution in [0.15, 0.2) is 91.1 Å². The number of carboxylic acids is 1. The summed E-state index contributed by atoms with van der Waals surface area (Å²) in [6.45, 7) is 2.43. The molecule has 4 aromatic rings. The third-order valence-electron chi connectivity index (χ3n) is 5.19. The maximum atomic E-state index is 11.3. The Bertz CT molecular complexity index is 1140. The van der Waals surface area contributed by atoms with Crippen LogP contribution in [0.2, 0.25) is 0 Å². The quantitative estimate of drug-likeness (QED) is 0.405. The minimum atomic E-state index is -0.831. The van der Waals surface area contributed by atoms with E-state index < -0.39 is 5.97 Å². The molecule has 0 amide bonds. The van der Waals surface area contributed by atoms with Crippen molar-refractivity contribution in [3.8, 4) is 5.75 Å². The van der Waals surface area contributed by atoms with Crippen LogP contribution in [0.5, 0.6) is 5.75 Å². The van der Waals surface area contributed by atoms with E-state index in [0.717, 1.165) is 23.4 Å². The molecule has 0 saturated carbocycles. The number of ether oxygens (including phenoxy) is 1. The normalized spacial score (nSPS) is 11.1. The molecule has 1 N–H and O–H groups in total. The highest BCUT2D eigenvalue weighted by atomic mass is 16.5. The lowest BCUT2D eigenvalue weighted by Crippen LogP contribution is -2.28. The number of aliphatic carboxylic acids is 1. The molecule has 1 heterocycles. The van der Waals surface area contributed by atoms with Gasteiger partial charge in [0.1, 0.15) is 12.4 Å². The zero-order valence-electron chi connectivity index (χ0n) is 17.4. The average molecular weight is 415 g/mol. The van der Waals surface area contributed by atoms with Crippen molar-refractivity contribution in [2.24, 2.45) is 0 Å². The smallest absolute Gasteiger partial charge is 0.317 e. The molecule has 0 spiro atoms. The van der Waals surface area contributed by atoms with E-state index >= 15 is 0 Å². The molecule has 4 rings (SSSR count). The van der Waals surface area contributed by atoms with Crippen LogP contribution in [-0.2, 0) is 24.4 Å². The molecular weight excluding hydrogens is 388 g/mol. The Hall–Kier alpha value is -3.57. The molecule has 0 saturated heterocycles. The van der Waals surface area contributed by atoms with Gasteiger partial charge in [-0.3, -0.25) is 9.69 Å². The van der Waals surface area contributed by atoms with Gasteiger partial charge in [0.25, 0.3) is 0 Å². The molecule has 0 unspecified atom stereocenters. The van der Waals surface area contributed by atoms with Gasteiger partial charge in [-0.15, -0.1) is 0 Å². The summed E-state index contributed by atoms with van der Waals surface area (Å²) in [6.07, 6.45) is 2.08. The fraction of sp³-hybridized carbons (Fsp3) is 0.192. The van der Waals surface area contributed by atoms with Crippen molar-refractivity contribution >= 4 is 16.9 Å². The summed E-state index contributed by atoms with van der Waals surface area (Å²) < 4.78 is 8.18. The largest absolute Gasteiger partial charge is 0.492 e. The van der Waals surface area contributed by atoms with Gasteiger partial charge in [-0.2, -0.15) is 0 Å². The summed E-state index contributed by atoms with van der Waals surface area (Å²) in [6, 6.07) is 28.2. The van der Waals surface area contributed by atoms with Crippen LogP contribution in [0, 0.1) is 0 Å². The maximum Gasteiger partial charge on any atom is 0.317 e. The third-order valence-corrected chi connectivity index (χ3v) is 5.19. The molecule has 5 nitrogen and oxygen atoms in total. The van der Waals surface area contributed by atoms with Crippen LogP contribution >= 0.6 is 0 Å². The number of carbonyl (C=O) groups is 1. The number of fused-ring (bicyclic) bond motifs is 1. The second-order valence-electron chi connectivity index (χ2n) is 7.59.